The van der Waals surface area contributed by atoms with Crippen LogP contribution in [-0.2, 0) is 4.79 Å². The molecule has 0 saturated carbocycles. The largest absolute Gasteiger partial charge is 0.283 e. The van der Waals surface area contributed by atoms with Gasteiger partial charge < -0.3 is 0 Å². The zero-order chi connectivity index (χ0) is 10.5. The molecule has 13 heavy (non-hydrogen) atoms. The van der Waals surface area contributed by atoms with Gasteiger partial charge in [0.05, 0.1) is 5.54 Å². The van der Waals surface area contributed by atoms with Gasteiger partial charge in [0.25, 0.3) is 0 Å². The van der Waals surface area contributed by atoms with E-state index >= 15 is 0 Å². The van der Waals surface area contributed by atoms with Crippen LogP contribution in [0.2, 0.25) is 0 Å². The van der Waals surface area contributed by atoms with E-state index in [1.807, 2.05) is 4.90 Å². The van der Waals surface area contributed by atoms with Crippen LogP contribution in [0.3, 0.4) is 0 Å². The molecule has 2 nitrogen and oxygen atoms in total. The molecule has 0 atom stereocenters. The van der Waals surface area contributed by atoms with Crippen molar-refractivity contribution in [2.75, 3.05) is 13.1 Å². The number of carbonyl (C=O) groups excluding carboxylic acids is 1. The number of hydrogen-bond donors (Lipinski definition) is 0. The third-order valence-corrected chi connectivity index (χ3v) is 2.43. The lowest BCUT2D eigenvalue weighted by Gasteiger charge is -2.33. The van der Waals surface area contributed by atoms with Crippen LogP contribution in [0, 0.1) is 0 Å². The number of halogens is 1. The lowest BCUT2D eigenvalue weighted by molar-refractivity contribution is -0.120. The minimum atomic E-state index is -0.663. The summed E-state index contributed by atoms with van der Waals surface area (Å²) >= 11 is 5.49. The van der Waals surface area contributed by atoms with Crippen LogP contribution in [-0.4, -0.2) is 28.8 Å². The van der Waals surface area contributed by atoms with Crippen molar-refractivity contribution < 1.29 is 4.79 Å². The van der Waals surface area contributed by atoms with Crippen LogP contribution in [0.15, 0.2) is 25.3 Å². The number of hydrogen-bond acceptors (Lipinski definition) is 2. The molecule has 0 N–H and O–H groups in total. The molecular formula is C10H16ClNO. The van der Waals surface area contributed by atoms with Crippen molar-refractivity contribution in [1.82, 2.24) is 4.90 Å². The fraction of sp³-hybridized carbons (Fsp3) is 0.500. The Morgan fingerprint density at radius 3 is 2.00 bits per heavy atom. The predicted molar refractivity (Wildman–Crippen MR) is 56.9 cm³/mol. The highest BCUT2D eigenvalue weighted by Crippen LogP contribution is 2.17. The third kappa shape index (κ3) is 3.33. The van der Waals surface area contributed by atoms with Crippen molar-refractivity contribution >= 4 is 16.8 Å². The maximum atomic E-state index is 11.1. The Morgan fingerprint density at radius 2 is 1.77 bits per heavy atom. The van der Waals surface area contributed by atoms with Gasteiger partial charge in [-0.1, -0.05) is 12.2 Å². The summed E-state index contributed by atoms with van der Waals surface area (Å²) in [5.74, 6) is 0. The van der Waals surface area contributed by atoms with E-state index in [1.54, 1.807) is 26.0 Å². The van der Waals surface area contributed by atoms with E-state index in [9.17, 15) is 4.79 Å². The maximum absolute atomic E-state index is 11.1. The third-order valence-electron chi connectivity index (χ3n) is 1.97. The molecule has 3 heteroatoms. The van der Waals surface area contributed by atoms with Crippen LogP contribution < -0.4 is 0 Å². The van der Waals surface area contributed by atoms with E-state index in [2.05, 4.69) is 13.2 Å². The summed E-state index contributed by atoms with van der Waals surface area (Å²) in [5.41, 5.74) is -0.663. The van der Waals surface area contributed by atoms with E-state index in [0.717, 1.165) is 0 Å². The number of carbonyl (C=O) groups is 1. The predicted octanol–water partition coefficient (Wildman–Crippen LogP) is 2.20. The van der Waals surface area contributed by atoms with E-state index in [-0.39, 0.29) is 5.24 Å². The van der Waals surface area contributed by atoms with Crippen LogP contribution in [0.25, 0.3) is 0 Å². The van der Waals surface area contributed by atoms with Gasteiger partial charge in [0.1, 0.15) is 0 Å². The van der Waals surface area contributed by atoms with E-state index < -0.39 is 5.54 Å². The highest BCUT2D eigenvalue weighted by molar-refractivity contribution is 6.65. The lowest BCUT2D eigenvalue weighted by Crippen LogP contribution is -2.48. The summed E-state index contributed by atoms with van der Waals surface area (Å²) in [7, 11) is 0. The lowest BCUT2D eigenvalue weighted by atomic mass is 10.1. The van der Waals surface area contributed by atoms with Gasteiger partial charge in [-0.2, -0.15) is 0 Å². The average Bonchev–Trinajstić information content (AvgIpc) is 2.03. The van der Waals surface area contributed by atoms with E-state index in [0.29, 0.717) is 13.1 Å². The monoisotopic (exact) mass is 201 g/mol. The van der Waals surface area contributed by atoms with Gasteiger partial charge in [0, 0.05) is 13.1 Å². The summed E-state index contributed by atoms with van der Waals surface area (Å²) in [6, 6.07) is 0. The topological polar surface area (TPSA) is 20.3 Å². The summed E-state index contributed by atoms with van der Waals surface area (Å²) in [6.07, 6.45) is 3.48. The smallest absolute Gasteiger partial charge is 0.241 e. The second-order valence-electron chi connectivity index (χ2n) is 3.32. The van der Waals surface area contributed by atoms with Crippen molar-refractivity contribution in [1.29, 1.82) is 0 Å². The Morgan fingerprint density at radius 1 is 1.38 bits per heavy atom. The molecule has 0 bridgehead atoms. The molecule has 0 rings (SSSR count). The Bertz CT molecular complexity index is 201. The summed E-state index contributed by atoms with van der Waals surface area (Å²) in [5, 5.41) is -0.365. The van der Waals surface area contributed by atoms with Crippen molar-refractivity contribution in [3.05, 3.63) is 25.3 Å². The van der Waals surface area contributed by atoms with Gasteiger partial charge >= 0.3 is 0 Å². The molecule has 0 aromatic carbocycles. The second-order valence-corrected chi connectivity index (χ2v) is 3.66. The first-order chi connectivity index (χ1) is 5.96. The summed E-state index contributed by atoms with van der Waals surface area (Å²) in [6.45, 7) is 12.1. The van der Waals surface area contributed by atoms with Crippen molar-refractivity contribution in [2.45, 2.75) is 19.4 Å². The molecule has 0 fully saturated rings. The zero-order valence-corrected chi connectivity index (χ0v) is 8.97. The molecule has 0 amide bonds. The second kappa shape index (κ2) is 5.20. The first-order valence-corrected chi connectivity index (χ1v) is 4.51. The minimum Gasteiger partial charge on any atom is -0.283 e. The maximum Gasteiger partial charge on any atom is 0.241 e. The molecule has 0 heterocycles. The molecule has 0 saturated heterocycles. The average molecular weight is 202 g/mol. The standard InChI is InChI=1S/C10H16ClNO/c1-5-7-12(8-6-2)10(3,4)9(11)13/h5-6H,1-2,7-8H2,3-4H3. The van der Waals surface area contributed by atoms with Crippen LogP contribution in [0.5, 0.6) is 0 Å². The quantitative estimate of drug-likeness (QED) is 0.485. The zero-order valence-electron chi connectivity index (χ0n) is 8.22. The van der Waals surface area contributed by atoms with Gasteiger partial charge in [0.2, 0.25) is 5.24 Å². The van der Waals surface area contributed by atoms with Crippen molar-refractivity contribution in [2.24, 2.45) is 0 Å². The molecule has 0 unspecified atom stereocenters. The molecular weight excluding hydrogens is 186 g/mol. The summed E-state index contributed by atoms with van der Waals surface area (Å²) < 4.78 is 0. The van der Waals surface area contributed by atoms with Gasteiger partial charge in [-0.25, -0.2) is 0 Å². The fourth-order valence-electron chi connectivity index (χ4n) is 0.967. The SMILES string of the molecule is C=CCN(CC=C)C(C)(C)C(=O)Cl. The minimum absolute atomic E-state index is 0.365. The van der Waals surface area contributed by atoms with E-state index in [4.69, 9.17) is 11.6 Å². The molecule has 0 radical (unpaired) electrons. The molecule has 0 spiro atoms. The fourth-order valence-corrected chi connectivity index (χ4v) is 1.09. The molecule has 0 aromatic rings. The molecule has 0 aliphatic carbocycles. The van der Waals surface area contributed by atoms with Crippen LogP contribution in [0.1, 0.15) is 13.8 Å². The van der Waals surface area contributed by atoms with Gasteiger partial charge in [-0.05, 0) is 25.4 Å². The normalized spacial score (nSPS) is 11.4. The first-order valence-electron chi connectivity index (χ1n) is 4.13. The highest BCUT2D eigenvalue weighted by atomic mass is 35.5. The van der Waals surface area contributed by atoms with Gasteiger partial charge in [0.15, 0.2) is 0 Å². The Kier molecular flexibility index (Phi) is 4.96. The van der Waals surface area contributed by atoms with Crippen LogP contribution in [0.4, 0.5) is 0 Å². The molecule has 0 aliphatic heterocycles. The van der Waals surface area contributed by atoms with Gasteiger partial charge in [-0.15, -0.1) is 13.2 Å². The van der Waals surface area contributed by atoms with Crippen LogP contribution >= 0.6 is 11.6 Å². The summed E-state index contributed by atoms with van der Waals surface area (Å²) in [4.78, 5) is 13.0. The molecule has 0 aliphatic rings. The number of rotatable bonds is 6. The Labute approximate surface area is 84.9 Å². The molecule has 0 aromatic heterocycles. The first kappa shape index (κ1) is 12.4. The van der Waals surface area contributed by atoms with Gasteiger partial charge in [-0.3, -0.25) is 9.69 Å². The van der Waals surface area contributed by atoms with Crippen molar-refractivity contribution in [3.8, 4) is 0 Å². The Hall–Kier alpha value is -0.600. The Balaban J connectivity index is 4.58. The van der Waals surface area contributed by atoms with Crippen molar-refractivity contribution in [3.63, 3.8) is 0 Å². The highest BCUT2D eigenvalue weighted by Gasteiger charge is 2.31. The number of nitrogens with zero attached hydrogens (tertiary/aromatic N) is 1. The molecule has 74 valence electrons. The van der Waals surface area contributed by atoms with E-state index in [1.165, 1.54) is 0 Å².